The maximum atomic E-state index is 12.7. The molecule has 0 aliphatic rings. The van der Waals surface area contributed by atoms with Gasteiger partial charge in [-0.25, -0.2) is 4.99 Å². The average molecular weight is 352 g/mol. The van der Waals surface area contributed by atoms with Crippen LogP contribution in [0.3, 0.4) is 0 Å². The Labute approximate surface area is 156 Å². The SMILES string of the molecule is CCN(C)C=Nc1cc(C)c(C(=O)COc2c(C)cccc2C)cc1C. The summed E-state index contributed by atoms with van der Waals surface area (Å²) >= 11 is 0. The van der Waals surface area contributed by atoms with E-state index in [0.717, 1.165) is 40.2 Å². The van der Waals surface area contributed by atoms with E-state index in [1.165, 1.54) is 0 Å². The van der Waals surface area contributed by atoms with Crippen LogP contribution < -0.4 is 4.74 Å². The molecule has 26 heavy (non-hydrogen) atoms. The molecule has 0 saturated heterocycles. The molecule has 2 aromatic rings. The molecule has 4 nitrogen and oxygen atoms in total. The molecule has 0 fully saturated rings. The molecular formula is C22H28N2O2. The Morgan fingerprint density at radius 3 is 2.35 bits per heavy atom. The number of rotatable bonds is 7. The molecule has 0 N–H and O–H groups in total. The van der Waals surface area contributed by atoms with Gasteiger partial charge >= 0.3 is 0 Å². The number of ether oxygens (including phenoxy) is 1. The first-order valence-electron chi connectivity index (χ1n) is 8.91. The van der Waals surface area contributed by atoms with Crippen LogP contribution >= 0.6 is 0 Å². The van der Waals surface area contributed by atoms with Crippen molar-refractivity contribution >= 4 is 17.8 Å². The van der Waals surface area contributed by atoms with Crippen molar-refractivity contribution in [3.63, 3.8) is 0 Å². The van der Waals surface area contributed by atoms with Crippen molar-refractivity contribution in [2.24, 2.45) is 4.99 Å². The van der Waals surface area contributed by atoms with E-state index in [0.29, 0.717) is 5.56 Å². The molecule has 0 aliphatic heterocycles. The second kappa shape index (κ2) is 8.65. The van der Waals surface area contributed by atoms with Crippen molar-refractivity contribution in [2.75, 3.05) is 20.2 Å². The second-order valence-electron chi connectivity index (χ2n) is 6.70. The first-order chi connectivity index (χ1) is 12.3. The molecule has 0 saturated carbocycles. The highest BCUT2D eigenvalue weighted by atomic mass is 16.5. The lowest BCUT2D eigenvalue weighted by Gasteiger charge is -2.13. The second-order valence-corrected chi connectivity index (χ2v) is 6.70. The van der Waals surface area contributed by atoms with E-state index in [1.807, 2.05) is 76.3 Å². The molecule has 0 atom stereocenters. The van der Waals surface area contributed by atoms with E-state index in [1.54, 1.807) is 0 Å². The minimum Gasteiger partial charge on any atom is -0.485 e. The molecule has 0 heterocycles. The van der Waals surface area contributed by atoms with Crippen molar-refractivity contribution in [3.8, 4) is 5.75 Å². The zero-order chi connectivity index (χ0) is 19.3. The first-order valence-corrected chi connectivity index (χ1v) is 8.91. The van der Waals surface area contributed by atoms with Gasteiger partial charge < -0.3 is 9.64 Å². The van der Waals surface area contributed by atoms with E-state index >= 15 is 0 Å². The fourth-order valence-corrected chi connectivity index (χ4v) is 2.73. The Kier molecular flexibility index (Phi) is 6.56. The van der Waals surface area contributed by atoms with E-state index < -0.39 is 0 Å². The van der Waals surface area contributed by atoms with Crippen LogP contribution in [-0.4, -0.2) is 37.2 Å². The number of aryl methyl sites for hydroxylation is 4. The fraction of sp³-hybridized carbons (Fsp3) is 0.364. The summed E-state index contributed by atoms with van der Waals surface area (Å²) in [6.45, 7) is 10.9. The van der Waals surface area contributed by atoms with Crippen LogP contribution in [-0.2, 0) is 0 Å². The third-order valence-electron chi connectivity index (χ3n) is 4.49. The molecule has 0 aliphatic carbocycles. The zero-order valence-corrected chi connectivity index (χ0v) is 16.6. The van der Waals surface area contributed by atoms with Crippen LogP contribution in [0.2, 0.25) is 0 Å². The number of benzene rings is 2. The van der Waals surface area contributed by atoms with Crippen LogP contribution in [0.25, 0.3) is 0 Å². The first kappa shape index (κ1) is 19.7. The number of aliphatic imine (C=N–C) groups is 1. The highest BCUT2D eigenvalue weighted by Crippen LogP contribution is 2.25. The topological polar surface area (TPSA) is 41.9 Å². The number of para-hydroxylation sites is 1. The lowest BCUT2D eigenvalue weighted by atomic mass is 10.0. The number of carbonyl (C=O) groups is 1. The molecule has 0 spiro atoms. The van der Waals surface area contributed by atoms with Crippen LogP contribution in [0.1, 0.15) is 39.5 Å². The van der Waals surface area contributed by atoms with Crippen LogP contribution in [0.5, 0.6) is 5.75 Å². The van der Waals surface area contributed by atoms with Gasteiger partial charge in [-0.3, -0.25) is 4.79 Å². The maximum absolute atomic E-state index is 12.7. The molecule has 0 amide bonds. The van der Waals surface area contributed by atoms with Gasteiger partial charge in [0.05, 0.1) is 12.0 Å². The number of hydrogen-bond acceptors (Lipinski definition) is 3. The van der Waals surface area contributed by atoms with Gasteiger partial charge in [0.25, 0.3) is 0 Å². The smallest absolute Gasteiger partial charge is 0.200 e. The van der Waals surface area contributed by atoms with Crippen molar-refractivity contribution in [3.05, 3.63) is 58.1 Å². The standard InChI is InChI=1S/C22H28N2O2/c1-7-24(6)14-23-20-12-17(4)19(11-18(20)5)21(25)13-26-22-15(2)9-8-10-16(22)3/h8-12,14H,7,13H2,1-6H3. The van der Waals surface area contributed by atoms with Gasteiger partial charge in [0.15, 0.2) is 12.4 Å². The van der Waals surface area contributed by atoms with E-state index in [-0.39, 0.29) is 12.4 Å². The zero-order valence-electron chi connectivity index (χ0n) is 16.6. The molecule has 0 aromatic heterocycles. The molecule has 4 heteroatoms. The lowest BCUT2D eigenvalue weighted by Crippen LogP contribution is -2.15. The van der Waals surface area contributed by atoms with Crippen LogP contribution in [0.4, 0.5) is 5.69 Å². The lowest BCUT2D eigenvalue weighted by molar-refractivity contribution is 0.0920. The third kappa shape index (κ3) is 4.72. The molecule has 0 bridgehead atoms. The fourth-order valence-electron chi connectivity index (χ4n) is 2.73. The average Bonchev–Trinajstić information content (AvgIpc) is 2.61. The van der Waals surface area contributed by atoms with Gasteiger partial charge in [0.2, 0.25) is 0 Å². The quantitative estimate of drug-likeness (QED) is 0.408. The van der Waals surface area contributed by atoms with Gasteiger partial charge in [0.1, 0.15) is 5.75 Å². The van der Waals surface area contributed by atoms with Gasteiger partial charge in [-0.15, -0.1) is 0 Å². The molecule has 2 aromatic carbocycles. The summed E-state index contributed by atoms with van der Waals surface area (Å²) in [5.74, 6) is 0.772. The maximum Gasteiger partial charge on any atom is 0.200 e. The molecule has 0 radical (unpaired) electrons. The Hall–Kier alpha value is -2.62. The number of Topliss-reactive ketones (excluding diaryl/α,β-unsaturated/α-hetero) is 1. The Morgan fingerprint density at radius 2 is 1.73 bits per heavy atom. The van der Waals surface area contributed by atoms with Crippen molar-refractivity contribution in [1.82, 2.24) is 4.90 Å². The van der Waals surface area contributed by atoms with Crippen molar-refractivity contribution in [2.45, 2.75) is 34.6 Å². The van der Waals surface area contributed by atoms with Gasteiger partial charge in [-0.1, -0.05) is 18.2 Å². The normalized spacial score (nSPS) is 11.0. The Bertz CT molecular complexity index is 805. The Morgan fingerprint density at radius 1 is 1.08 bits per heavy atom. The minimum absolute atomic E-state index is 0.0190. The summed E-state index contributed by atoms with van der Waals surface area (Å²) in [5.41, 5.74) is 5.54. The highest BCUT2D eigenvalue weighted by molar-refractivity contribution is 5.99. The van der Waals surface area contributed by atoms with Gasteiger partial charge in [-0.2, -0.15) is 0 Å². The third-order valence-corrected chi connectivity index (χ3v) is 4.49. The molecule has 0 unspecified atom stereocenters. The summed E-state index contributed by atoms with van der Waals surface area (Å²) in [6.07, 6.45) is 1.81. The van der Waals surface area contributed by atoms with Crippen LogP contribution in [0, 0.1) is 27.7 Å². The number of carbonyl (C=O) groups excluding carboxylic acids is 1. The molecule has 138 valence electrons. The highest BCUT2D eigenvalue weighted by Gasteiger charge is 2.14. The number of ketones is 1. The van der Waals surface area contributed by atoms with Crippen molar-refractivity contribution < 1.29 is 9.53 Å². The molecule has 2 rings (SSSR count). The summed E-state index contributed by atoms with van der Waals surface area (Å²) in [4.78, 5) is 19.2. The van der Waals surface area contributed by atoms with E-state index in [4.69, 9.17) is 4.74 Å². The monoisotopic (exact) mass is 352 g/mol. The number of nitrogens with zero attached hydrogens (tertiary/aromatic N) is 2. The minimum atomic E-state index is -0.0190. The largest absolute Gasteiger partial charge is 0.485 e. The predicted molar refractivity (Wildman–Crippen MR) is 108 cm³/mol. The summed E-state index contributed by atoms with van der Waals surface area (Å²) in [5, 5.41) is 0. The van der Waals surface area contributed by atoms with E-state index in [9.17, 15) is 4.79 Å². The summed E-state index contributed by atoms with van der Waals surface area (Å²) in [7, 11) is 1.98. The summed E-state index contributed by atoms with van der Waals surface area (Å²) < 4.78 is 5.82. The predicted octanol–water partition coefficient (Wildman–Crippen LogP) is 4.79. The summed E-state index contributed by atoms with van der Waals surface area (Å²) in [6, 6.07) is 9.83. The van der Waals surface area contributed by atoms with Gasteiger partial charge in [-0.05, 0) is 69.0 Å². The molecular weight excluding hydrogens is 324 g/mol. The number of hydrogen-bond donors (Lipinski definition) is 0. The van der Waals surface area contributed by atoms with Crippen molar-refractivity contribution in [1.29, 1.82) is 0 Å². The Balaban J connectivity index is 2.17. The van der Waals surface area contributed by atoms with E-state index in [2.05, 4.69) is 11.9 Å². The van der Waals surface area contributed by atoms with Crippen LogP contribution in [0.15, 0.2) is 35.3 Å². The van der Waals surface area contributed by atoms with Gasteiger partial charge in [0, 0.05) is 19.2 Å².